The third kappa shape index (κ3) is 1.88. The van der Waals surface area contributed by atoms with E-state index in [2.05, 4.69) is 37.3 Å². The van der Waals surface area contributed by atoms with Crippen molar-refractivity contribution in [1.82, 2.24) is 0 Å². The number of hydrogen-bond donors (Lipinski definition) is 0. The minimum absolute atomic E-state index is 0.543. The van der Waals surface area contributed by atoms with Gasteiger partial charge in [-0.1, -0.05) is 51.1 Å². The average Bonchev–Trinajstić information content (AvgIpc) is 2.90. The highest BCUT2D eigenvalue weighted by molar-refractivity contribution is 5.29. The summed E-state index contributed by atoms with van der Waals surface area (Å²) in [6, 6.07) is 10.8. The lowest BCUT2D eigenvalue weighted by atomic mass is 9.99. The van der Waals surface area contributed by atoms with Crippen LogP contribution in [0.2, 0.25) is 0 Å². The molecule has 1 saturated carbocycles. The smallest absolute Gasteiger partial charge is 0.00746 e. The Morgan fingerprint density at radius 2 is 1.50 bits per heavy atom. The zero-order valence-electron chi connectivity index (χ0n) is 8.30. The molecule has 0 amide bonds. The summed E-state index contributed by atoms with van der Waals surface area (Å²) in [6.07, 6.45) is 2.74. The highest BCUT2D eigenvalue weighted by Gasteiger charge is 2.38. The van der Waals surface area contributed by atoms with Gasteiger partial charge in [0.25, 0.3) is 0 Å². The molecule has 1 aliphatic carbocycles. The highest BCUT2D eigenvalue weighted by Crippen LogP contribution is 2.47. The first-order chi connectivity index (χ1) is 5.81. The molecule has 1 aromatic rings. The van der Waals surface area contributed by atoms with E-state index in [1.165, 1.54) is 18.4 Å². The van der Waals surface area contributed by atoms with Gasteiger partial charge in [0.1, 0.15) is 0 Å². The average molecular weight is 162 g/mol. The molecule has 0 heterocycles. The van der Waals surface area contributed by atoms with E-state index in [9.17, 15) is 0 Å². The molecule has 0 heteroatoms. The van der Waals surface area contributed by atoms with E-state index in [1.807, 2.05) is 13.8 Å². The summed E-state index contributed by atoms with van der Waals surface area (Å²) in [5.41, 5.74) is 2.05. The molecule has 1 aliphatic rings. The molecule has 0 unspecified atom stereocenters. The van der Waals surface area contributed by atoms with Gasteiger partial charge >= 0.3 is 0 Å². The van der Waals surface area contributed by atoms with E-state index in [0.29, 0.717) is 5.41 Å². The molecule has 0 aromatic heterocycles. The van der Waals surface area contributed by atoms with Crippen LogP contribution in [-0.2, 0) is 5.41 Å². The van der Waals surface area contributed by atoms with Crippen molar-refractivity contribution in [1.29, 1.82) is 0 Å². The van der Waals surface area contributed by atoms with E-state index in [-0.39, 0.29) is 0 Å². The summed E-state index contributed by atoms with van der Waals surface area (Å²) in [5, 5.41) is 0. The largest absolute Gasteiger partial charge is 0.0683 e. The second-order valence-corrected chi connectivity index (χ2v) is 3.43. The molecule has 12 heavy (non-hydrogen) atoms. The third-order valence-corrected chi connectivity index (χ3v) is 2.47. The molecule has 0 aliphatic heterocycles. The maximum absolute atomic E-state index is 2.34. The van der Waals surface area contributed by atoms with Crippen LogP contribution in [-0.4, -0.2) is 0 Å². The molecule has 0 radical (unpaired) electrons. The molecule has 0 nitrogen and oxygen atoms in total. The predicted octanol–water partition coefficient (Wildman–Crippen LogP) is 3.76. The van der Waals surface area contributed by atoms with Crippen molar-refractivity contribution in [2.45, 2.75) is 39.0 Å². The maximum atomic E-state index is 2.34. The van der Waals surface area contributed by atoms with Crippen molar-refractivity contribution < 1.29 is 0 Å². The van der Waals surface area contributed by atoms with E-state index >= 15 is 0 Å². The summed E-state index contributed by atoms with van der Waals surface area (Å²) in [4.78, 5) is 0. The van der Waals surface area contributed by atoms with Crippen LogP contribution < -0.4 is 0 Å². The standard InChI is InChI=1S/C10H12.C2H6/c1-10(7-8-10)9-5-3-2-4-6-9;1-2/h2-6H,7-8H2,1H3;1-2H3. The topological polar surface area (TPSA) is 0 Å². The Labute approximate surface area is 75.6 Å². The van der Waals surface area contributed by atoms with Crippen LogP contribution in [0.25, 0.3) is 0 Å². The first kappa shape index (κ1) is 9.31. The van der Waals surface area contributed by atoms with Crippen molar-refractivity contribution in [2.75, 3.05) is 0 Å². The molecular weight excluding hydrogens is 144 g/mol. The van der Waals surface area contributed by atoms with Gasteiger partial charge in [-0.2, -0.15) is 0 Å². The van der Waals surface area contributed by atoms with Gasteiger partial charge in [-0.15, -0.1) is 0 Å². The van der Waals surface area contributed by atoms with Gasteiger partial charge in [0.15, 0.2) is 0 Å². The summed E-state index contributed by atoms with van der Waals surface area (Å²) in [5.74, 6) is 0. The van der Waals surface area contributed by atoms with Crippen LogP contribution >= 0.6 is 0 Å². The molecule has 0 saturated heterocycles. The van der Waals surface area contributed by atoms with E-state index in [1.54, 1.807) is 0 Å². The summed E-state index contributed by atoms with van der Waals surface area (Å²) < 4.78 is 0. The lowest BCUT2D eigenvalue weighted by Gasteiger charge is -2.06. The molecule has 0 spiro atoms. The van der Waals surface area contributed by atoms with Crippen molar-refractivity contribution in [3.05, 3.63) is 35.9 Å². The zero-order chi connectivity index (χ0) is 9.03. The van der Waals surface area contributed by atoms with Crippen LogP contribution in [0.4, 0.5) is 0 Å². The minimum atomic E-state index is 0.543. The highest BCUT2D eigenvalue weighted by atomic mass is 14.4. The molecule has 0 N–H and O–H groups in total. The van der Waals surface area contributed by atoms with Crippen LogP contribution in [0.1, 0.15) is 39.2 Å². The zero-order valence-corrected chi connectivity index (χ0v) is 8.30. The van der Waals surface area contributed by atoms with E-state index in [4.69, 9.17) is 0 Å². The Morgan fingerprint density at radius 3 is 1.92 bits per heavy atom. The number of hydrogen-bond acceptors (Lipinski definition) is 0. The van der Waals surface area contributed by atoms with Gasteiger partial charge in [0.2, 0.25) is 0 Å². The lowest BCUT2D eigenvalue weighted by molar-refractivity contribution is 0.788. The molecule has 2 rings (SSSR count). The minimum Gasteiger partial charge on any atom is -0.0683 e. The number of rotatable bonds is 1. The Balaban J connectivity index is 0.000000336. The molecule has 0 atom stereocenters. The fourth-order valence-corrected chi connectivity index (χ4v) is 1.32. The van der Waals surface area contributed by atoms with Gasteiger partial charge in [0.05, 0.1) is 0 Å². The molecule has 0 bridgehead atoms. The van der Waals surface area contributed by atoms with Crippen molar-refractivity contribution in [3.63, 3.8) is 0 Å². The van der Waals surface area contributed by atoms with Gasteiger partial charge in [0, 0.05) is 0 Å². The Morgan fingerprint density at radius 1 is 1.00 bits per heavy atom. The van der Waals surface area contributed by atoms with Crippen molar-refractivity contribution in [2.24, 2.45) is 0 Å². The van der Waals surface area contributed by atoms with Gasteiger partial charge in [-0.05, 0) is 23.8 Å². The molecule has 66 valence electrons. The Hall–Kier alpha value is -0.780. The second kappa shape index (κ2) is 3.75. The summed E-state index contributed by atoms with van der Waals surface area (Å²) in [7, 11) is 0. The van der Waals surface area contributed by atoms with Gasteiger partial charge < -0.3 is 0 Å². The van der Waals surface area contributed by atoms with Crippen LogP contribution in [0.3, 0.4) is 0 Å². The Bertz CT molecular complexity index is 219. The van der Waals surface area contributed by atoms with Crippen molar-refractivity contribution >= 4 is 0 Å². The first-order valence-electron chi connectivity index (χ1n) is 4.87. The van der Waals surface area contributed by atoms with Gasteiger partial charge in [-0.3, -0.25) is 0 Å². The number of benzene rings is 1. The van der Waals surface area contributed by atoms with Gasteiger partial charge in [-0.25, -0.2) is 0 Å². The first-order valence-corrected chi connectivity index (χ1v) is 4.87. The maximum Gasteiger partial charge on any atom is -0.00746 e. The van der Waals surface area contributed by atoms with E-state index in [0.717, 1.165) is 0 Å². The molecular formula is C12H18. The summed E-state index contributed by atoms with van der Waals surface area (Å²) in [6.45, 7) is 6.34. The monoisotopic (exact) mass is 162 g/mol. The lowest BCUT2D eigenvalue weighted by Crippen LogP contribution is -1.97. The van der Waals surface area contributed by atoms with Crippen molar-refractivity contribution in [3.8, 4) is 0 Å². The van der Waals surface area contributed by atoms with E-state index < -0.39 is 0 Å². The summed E-state index contributed by atoms with van der Waals surface area (Å²) >= 11 is 0. The van der Waals surface area contributed by atoms with Crippen LogP contribution in [0.15, 0.2) is 30.3 Å². The fraction of sp³-hybridized carbons (Fsp3) is 0.500. The normalized spacial score (nSPS) is 17.6. The Kier molecular flexibility index (Phi) is 2.91. The van der Waals surface area contributed by atoms with Crippen LogP contribution in [0, 0.1) is 0 Å². The third-order valence-electron chi connectivity index (χ3n) is 2.47. The van der Waals surface area contributed by atoms with Crippen LogP contribution in [0.5, 0.6) is 0 Å². The quantitative estimate of drug-likeness (QED) is 0.589. The second-order valence-electron chi connectivity index (χ2n) is 3.43. The fourth-order valence-electron chi connectivity index (χ4n) is 1.32. The SMILES string of the molecule is CC.CC1(c2ccccc2)CC1. The molecule has 1 aromatic carbocycles. The predicted molar refractivity (Wildman–Crippen MR) is 54.4 cm³/mol. The molecule has 1 fully saturated rings.